The highest BCUT2D eigenvalue weighted by atomic mass is 127. The van der Waals surface area contributed by atoms with Crippen molar-refractivity contribution >= 4 is 35.6 Å². The second kappa shape index (κ2) is 12.9. The fourth-order valence-corrected chi connectivity index (χ4v) is 1.79. The largest absolute Gasteiger partial charge is 0.385 e. The van der Waals surface area contributed by atoms with Gasteiger partial charge in [-0.1, -0.05) is 26.0 Å². The van der Waals surface area contributed by atoms with Crippen molar-refractivity contribution in [2.75, 3.05) is 26.8 Å². The molecular weight excluding hydrogens is 423 g/mol. The van der Waals surface area contributed by atoms with Crippen LogP contribution >= 0.6 is 24.0 Å². The molecule has 0 heterocycles. The minimum absolute atomic E-state index is 0. The molecule has 2 N–H and O–H groups in total. The van der Waals surface area contributed by atoms with Crippen LogP contribution in [0.4, 0.5) is 5.69 Å². The normalized spacial score (nSPS) is 11.1. The van der Waals surface area contributed by atoms with Crippen LogP contribution in [0, 0.1) is 16.0 Å². The number of aliphatic imine (C=N–C) groups is 1. The molecule has 0 aromatic heterocycles. The molecule has 0 saturated carbocycles. The third kappa shape index (κ3) is 9.66. The third-order valence-corrected chi connectivity index (χ3v) is 3.06. The molecule has 0 radical (unpaired) electrons. The molecule has 1 aromatic rings. The first-order valence-electron chi connectivity index (χ1n) is 7.77. The molecule has 0 saturated heterocycles. The Labute approximate surface area is 160 Å². The lowest BCUT2D eigenvalue weighted by Gasteiger charge is -2.14. The number of nitro groups is 1. The van der Waals surface area contributed by atoms with Crippen LogP contribution in [0.3, 0.4) is 0 Å². The van der Waals surface area contributed by atoms with Crippen molar-refractivity contribution in [3.8, 4) is 0 Å². The van der Waals surface area contributed by atoms with Gasteiger partial charge in [-0.05, 0) is 17.9 Å². The number of ether oxygens (including phenoxy) is 1. The molecule has 0 atom stereocenters. The Morgan fingerprint density at radius 3 is 2.50 bits per heavy atom. The minimum atomic E-state index is -0.403. The number of hydrogen-bond donors (Lipinski definition) is 2. The van der Waals surface area contributed by atoms with Gasteiger partial charge in [0.2, 0.25) is 0 Å². The van der Waals surface area contributed by atoms with E-state index >= 15 is 0 Å². The Balaban J connectivity index is 0.00000529. The van der Waals surface area contributed by atoms with E-state index in [9.17, 15) is 10.1 Å². The average Bonchev–Trinajstić information content (AvgIpc) is 2.53. The van der Waals surface area contributed by atoms with Crippen LogP contribution in [0.15, 0.2) is 29.3 Å². The smallest absolute Gasteiger partial charge is 0.269 e. The van der Waals surface area contributed by atoms with E-state index in [1.54, 1.807) is 19.2 Å². The second-order valence-electron chi connectivity index (χ2n) is 5.64. The van der Waals surface area contributed by atoms with Gasteiger partial charge in [-0.2, -0.15) is 0 Å². The van der Waals surface area contributed by atoms with E-state index in [1.807, 2.05) is 0 Å². The molecule has 136 valence electrons. The van der Waals surface area contributed by atoms with E-state index in [-0.39, 0.29) is 29.7 Å². The van der Waals surface area contributed by atoms with Gasteiger partial charge in [-0.25, -0.2) is 4.99 Å². The number of guanidine groups is 1. The van der Waals surface area contributed by atoms with Gasteiger partial charge in [0.25, 0.3) is 5.69 Å². The molecule has 0 spiro atoms. The number of benzene rings is 1. The zero-order valence-electron chi connectivity index (χ0n) is 14.4. The molecule has 0 unspecified atom stereocenters. The Bertz CT molecular complexity index is 507. The van der Waals surface area contributed by atoms with Crippen molar-refractivity contribution in [3.63, 3.8) is 0 Å². The SMILES string of the molecule is COCCCNC(=NCc1ccc([N+](=O)[O-])cc1)NCC(C)C.I. The van der Waals surface area contributed by atoms with Gasteiger partial charge in [0, 0.05) is 38.9 Å². The first-order valence-corrected chi connectivity index (χ1v) is 7.77. The fourth-order valence-electron chi connectivity index (χ4n) is 1.79. The third-order valence-electron chi connectivity index (χ3n) is 3.06. The van der Waals surface area contributed by atoms with E-state index in [0.717, 1.165) is 31.0 Å². The highest BCUT2D eigenvalue weighted by Gasteiger charge is 2.04. The van der Waals surface area contributed by atoms with Gasteiger partial charge >= 0.3 is 0 Å². The number of nitro benzene ring substituents is 1. The summed E-state index contributed by atoms with van der Waals surface area (Å²) < 4.78 is 5.03. The topological polar surface area (TPSA) is 88.8 Å². The lowest BCUT2D eigenvalue weighted by Crippen LogP contribution is -2.39. The highest BCUT2D eigenvalue weighted by molar-refractivity contribution is 14.0. The maximum absolute atomic E-state index is 10.6. The predicted molar refractivity (Wildman–Crippen MR) is 107 cm³/mol. The summed E-state index contributed by atoms with van der Waals surface area (Å²) in [5, 5.41) is 17.2. The van der Waals surface area contributed by atoms with Crippen molar-refractivity contribution in [3.05, 3.63) is 39.9 Å². The summed E-state index contributed by atoms with van der Waals surface area (Å²) in [6.45, 7) is 7.04. The van der Waals surface area contributed by atoms with Crippen LogP contribution in [0.2, 0.25) is 0 Å². The molecule has 7 nitrogen and oxygen atoms in total. The van der Waals surface area contributed by atoms with Crippen molar-refractivity contribution in [1.82, 2.24) is 10.6 Å². The van der Waals surface area contributed by atoms with Crippen molar-refractivity contribution < 1.29 is 9.66 Å². The molecule has 0 bridgehead atoms. The molecule has 24 heavy (non-hydrogen) atoms. The number of nitrogens with one attached hydrogen (secondary N) is 2. The Morgan fingerprint density at radius 2 is 1.96 bits per heavy atom. The van der Waals surface area contributed by atoms with Crippen molar-refractivity contribution in [1.29, 1.82) is 0 Å². The van der Waals surface area contributed by atoms with Crippen LogP contribution < -0.4 is 10.6 Å². The molecule has 1 rings (SSSR count). The molecular formula is C16H27IN4O3. The van der Waals surface area contributed by atoms with Crippen LogP contribution in [0.1, 0.15) is 25.8 Å². The zero-order valence-corrected chi connectivity index (χ0v) is 16.8. The van der Waals surface area contributed by atoms with Crippen molar-refractivity contribution in [2.24, 2.45) is 10.9 Å². The van der Waals surface area contributed by atoms with E-state index in [4.69, 9.17) is 4.74 Å². The van der Waals surface area contributed by atoms with Crippen LogP contribution in [0.25, 0.3) is 0 Å². The number of halogens is 1. The summed E-state index contributed by atoms with van der Waals surface area (Å²) in [7, 11) is 1.68. The molecule has 0 aliphatic heterocycles. The Hall–Kier alpha value is -1.42. The second-order valence-corrected chi connectivity index (χ2v) is 5.64. The van der Waals surface area contributed by atoms with Gasteiger partial charge in [0.1, 0.15) is 0 Å². The van der Waals surface area contributed by atoms with Crippen molar-refractivity contribution in [2.45, 2.75) is 26.8 Å². The number of nitrogens with zero attached hydrogens (tertiary/aromatic N) is 2. The van der Waals surface area contributed by atoms with Gasteiger partial charge in [-0.15, -0.1) is 24.0 Å². The van der Waals surface area contributed by atoms with E-state index in [0.29, 0.717) is 19.1 Å². The number of non-ortho nitro benzene ring substituents is 1. The number of methoxy groups -OCH3 is 1. The monoisotopic (exact) mass is 450 g/mol. The molecule has 0 amide bonds. The van der Waals surface area contributed by atoms with Gasteiger partial charge in [0.05, 0.1) is 11.5 Å². The number of rotatable bonds is 9. The Morgan fingerprint density at radius 1 is 1.29 bits per heavy atom. The van der Waals surface area contributed by atoms with Gasteiger partial charge < -0.3 is 15.4 Å². The quantitative estimate of drug-likeness (QED) is 0.151. The summed E-state index contributed by atoms with van der Waals surface area (Å²) in [5.41, 5.74) is 1.02. The average molecular weight is 450 g/mol. The standard InChI is InChI=1S/C16H26N4O3.HI/c1-13(2)11-18-16(17-9-4-10-23-3)19-12-14-5-7-15(8-6-14)20(21)22;/h5-8,13H,4,9-12H2,1-3H3,(H2,17,18,19);1H. The molecule has 0 fully saturated rings. The lowest BCUT2D eigenvalue weighted by molar-refractivity contribution is -0.384. The molecule has 0 aliphatic carbocycles. The highest BCUT2D eigenvalue weighted by Crippen LogP contribution is 2.12. The van der Waals surface area contributed by atoms with Gasteiger partial charge in [0.15, 0.2) is 5.96 Å². The van der Waals surface area contributed by atoms with Crippen LogP contribution in [0.5, 0.6) is 0 Å². The zero-order chi connectivity index (χ0) is 17.1. The maximum Gasteiger partial charge on any atom is 0.269 e. The first-order chi connectivity index (χ1) is 11.0. The molecule has 1 aromatic carbocycles. The fraction of sp³-hybridized carbons (Fsp3) is 0.562. The summed E-state index contributed by atoms with van der Waals surface area (Å²) in [6.07, 6.45) is 0.899. The first kappa shape index (κ1) is 22.6. The molecule has 0 aliphatic rings. The van der Waals surface area contributed by atoms with Crippen LogP contribution in [-0.2, 0) is 11.3 Å². The minimum Gasteiger partial charge on any atom is -0.385 e. The predicted octanol–water partition coefficient (Wildman–Crippen LogP) is 2.94. The summed E-state index contributed by atoms with van der Waals surface area (Å²) in [4.78, 5) is 14.8. The molecule has 8 heteroatoms. The summed E-state index contributed by atoms with van der Waals surface area (Å²) >= 11 is 0. The number of hydrogen-bond acceptors (Lipinski definition) is 4. The summed E-state index contributed by atoms with van der Waals surface area (Å²) in [6, 6.07) is 6.45. The van der Waals surface area contributed by atoms with E-state index < -0.39 is 4.92 Å². The van der Waals surface area contributed by atoms with E-state index in [2.05, 4.69) is 29.5 Å². The van der Waals surface area contributed by atoms with Gasteiger partial charge in [-0.3, -0.25) is 10.1 Å². The van der Waals surface area contributed by atoms with Crippen LogP contribution in [-0.4, -0.2) is 37.7 Å². The lowest BCUT2D eigenvalue weighted by atomic mass is 10.2. The Kier molecular flexibility index (Phi) is 12.2. The summed E-state index contributed by atoms with van der Waals surface area (Å²) in [5.74, 6) is 1.26. The maximum atomic E-state index is 10.6. The van der Waals surface area contributed by atoms with E-state index in [1.165, 1.54) is 12.1 Å².